The zero-order valence-corrected chi connectivity index (χ0v) is 13.3. The monoisotopic (exact) mass is 284 g/mol. The van der Waals surface area contributed by atoms with Crippen molar-refractivity contribution in [2.75, 3.05) is 13.1 Å². The Kier molecular flexibility index (Phi) is 4.85. The van der Waals surface area contributed by atoms with Crippen molar-refractivity contribution >= 4 is 11.9 Å². The molecule has 0 aromatic carbocycles. The highest BCUT2D eigenvalue weighted by atomic mass is 16.4. The van der Waals surface area contributed by atoms with Crippen molar-refractivity contribution in [2.24, 2.45) is 22.5 Å². The lowest BCUT2D eigenvalue weighted by atomic mass is 9.74. The number of nitrogens with zero attached hydrogens (tertiary/aromatic N) is 1. The quantitative estimate of drug-likeness (QED) is 0.826. The van der Waals surface area contributed by atoms with Gasteiger partial charge in [-0.05, 0) is 38.0 Å². The first-order chi connectivity index (χ1) is 8.98. The molecule has 1 fully saturated rings. The average Bonchev–Trinajstić information content (AvgIpc) is 2.35. The number of carbonyl (C=O) groups is 2. The zero-order valence-electron chi connectivity index (χ0n) is 13.3. The van der Waals surface area contributed by atoms with Crippen LogP contribution in [-0.4, -0.2) is 41.0 Å². The van der Waals surface area contributed by atoms with Gasteiger partial charge in [0.25, 0.3) is 0 Å². The van der Waals surface area contributed by atoms with E-state index in [0.29, 0.717) is 13.1 Å². The van der Waals surface area contributed by atoms with Gasteiger partial charge in [0, 0.05) is 13.1 Å². The van der Waals surface area contributed by atoms with Crippen LogP contribution in [0.3, 0.4) is 0 Å². The smallest absolute Gasteiger partial charge is 0.309 e. The Morgan fingerprint density at radius 3 is 2.25 bits per heavy atom. The Morgan fingerprint density at radius 2 is 1.80 bits per heavy atom. The Labute approximate surface area is 121 Å². The number of piperidine rings is 1. The third kappa shape index (κ3) is 3.51. The second-order valence-corrected chi connectivity index (χ2v) is 7.49. The number of hydrogen-bond acceptors (Lipinski definition) is 3. The minimum Gasteiger partial charge on any atom is -0.481 e. The summed E-state index contributed by atoms with van der Waals surface area (Å²) in [7, 11) is 0. The number of amides is 1. The fourth-order valence-electron chi connectivity index (χ4n) is 2.51. The second kappa shape index (κ2) is 5.72. The van der Waals surface area contributed by atoms with E-state index in [-0.39, 0.29) is 17.2 Å². The van der Waals surface area contributed by atoms with Gasteiger partial charge in [-0.2, -0.15) is 0 Å². The molecule has 5 heteroatoms. The standard InChI is InChI=1S/C15H28N2O3/c1-14(2,3)11(16)12(18)17-8-6-7-10(9-17)15(4,5)13(19)20/h10-11H,6-9,16H2,1-5H3,(H,19,20). The summed E-state index contributed by atoms with van der Waals surface area (Å²) >= 11 is 0. The van der Waals surface area contributed by atoms with Crippen molar-refractivity contribution in [3.8, 4) is 0 Å². The van der Waals surface area contributed by atoms with Crippen LogP contribution in [0.1, 0.15) is 47.5 Å². The molecule has 0 bridgehead atoms. The molecule has 0 saturated carbocycles. The summed E-state index contributed by atoms with van der Waals surface area (Å²) in [5.41, 5.74) is 4.93. The van der Waals surface area contributed by atoms with Gasteiger partial charge in [0.15, 0.2) is 0 Å². The van der Waals surface area contributed by atoms with E-state index in [2.05, 4.69) is 0 Å². The molecule has 2 atom stereocenters. The Balaban J connectivity index is 2.80. The fraction of sp³-hybridized carbons (Fsp3) is 0.867. The summed E-state index contributed by atoms with van der Waals surface area (Å²) in [5, 5.41) is 9.33. The van der Waals surface area contributed by atoms with Gasteiger partial charge in [-0.15, -0.1) is 0 Å². The van der Waals surface area contributed by atoms with E-state index in [0.717, 1.165) is 12.8 Å². The molecule has 0 aromatic heterocycles. The maximum atomic E-state index is 12.4. The molecule has 2 unspecified atom stereocenters. The highest BCUT2D eigenvalue weighted by molar-refractivity contribution is 5.82. The lowest BCUT2D eigenvalue weighted by Gasteiger charge is -2.41. The zero-order chi connectivity index (χ0) is 15.7. The van der Waals surface area contributed by atoms with Crippen LogP contribution >= 0.6 is 0 Å². The predicted octanol–water partition coefficient (Wildman–Crippen LogP) is 1.71. The highest BCUT2D eigenvalue weighted by Gasteiger charge is 2.41. The van der Waals surface area contributed by atoms with Gasteiger partial charge in [0.2, 0.25) is 5.91 Å². The maximum Gasteiger partial charge on any atom is 0.309 e. The molecule has 1 saturated heterocycles. The van der Waals surface area contributed by atoms with E-state index in [9.17, 15) is 14.7 Å². The van der Waals surface area contributed by atoms with E-state index in [1.807, 2.05) is 20.8 Å². The molecular formula is C15H28N2O3. The van der Waals surface area contributed by atoms with Crippen molar-refractivity contribution in [1.82, 2.24) is 4.90 Å². The molecule has 0 aromatic rings. The van der Waals surface area contributed by atoms with Crippen LogP contribution in [0, 0.1) is 16.7 Å². The van der Waals surface area contributed by atoms with Gasteiger partial charge in [-0.3, -0.25) is 9.59 Å². The third-order valence-corrected chi connectivity index (χ3v) is 4.50. The Morgan fingerprint density at radius 1 is 1.25 bits per heavy atom. The largest absolute Gasteiger partial charge is 0.481 e. The van der Waals surface area contributed by atoms with Crippen LogP contribution in [0.2, 0.25) is 0 Å². The average molecular weight is 284 g/mol. The van der Waals surface area contributed by atoms with E-state index in [4.69, 9.17) is 5.73 Å². The van der Waals surface area contributed by atoms with Crippen LogP contribution < -0.4 is 5.73 Å². The van der Waals surface area contributed by atoms with E-state index >= 15 is 0 Å². The molecule has 0 spiro atoms. The SMILES string of the molecule is CC(C)(C)C(N)C(=O)N1CCCC(C(C)(C)C(=O)O)C1. The van der Waals surface area contributed by atoms with E-state index < -0.39 is 17.4 Å². The highest BCUT2D eigenvalue weighted by Crippen LogP contribution is 2.34. The van der Waals surface area contributed by atoms with Gasteiger partial charge in [-0.1, -0.05) is 20.8 Å². The molecule has 20 heavy (non-hydrogen) atoms. The molecule has 1 aliphatic rings. The van der Waals surface area contributed by atoms with Crippen LogP contribution in [0.4, 0.5) is 0 Å². The summed E-state index contributed by atoms with van der Waals surface area (Å²) in [4.78, 5) is 25.5. The first kappa shape index (κ1) is 17.0. The summed E-state index contributed by atoms with van der Waals surface area (Å²) < 4.78 is 0. The van der Waals surface area contributed by atoms with Crippen LogP contribution in [-0.2, 0) is 9.59 Å². The van der Waals surface area contributed by atoms with Gasteiger partial charge >= 0.3 is 5.97 Å². The number of carboxylic acid groups (broad SMARTS) is 1. The van der Waals surface area contributed by atoms with Crippen molar-refractivity contribution < 1.29 is 14.7 Å². The molecule has 1 amide bonds. The van der Waals surface area contributed by atoms with Crippen molar-refractivity contribution in [3.05, 3.63) is 0 Å². The summed E-state index contributed by atoms with van der Waals surface area (Å²) in [6.07, 6.45) is 1.68. The molecule has 1 aliphatic heterocycles. The lowest BCUT2D eigenvalue weighted by Crippen LogP contribution is -2.54. The molecule has 116 valence electrons. The minimum absolute atomic E-state index is 0.0233. The summed E-state index contributed by atoms with van der Waals surface area (Å²) in [5.74, 6) is -0.898. The van der Waals surface area contributed by atoms with E-state index in [1.54, 1.807) is 18.7 Å². The van der Waals surface area contributed by atoms with Crippen molar-refractivity contribution in [3.63, 3.8) is 0 Å². The predicted molar refractivity (Wildman–Crippen MR) is 78.2 cm³/mol. The summed E-state index contributed by atoms with van der Waals surface area (Å²) in [6.45, 7) is 10.5. The number of carbonyl (C=O) groups excluding carboxylic acids is 1. The molecule has 1 heterocycles. The first-order valence-corrected chi connectivity index (χ1v) is 7.25. The second-order valence-electron chi connectivity index (χ2n) is 7.49. The van der Waals surface area contributed by atoms with Crippen molar-refractivity contribution in [2.45, 2.75) is 53.5 Å². The van der Waals surface area contributed by atoms with Crippen LogP contribution in [0.5, 0.6) is 0 Å². The number of likely N-dealkylation sites (tertiary alicyclic amines) is 1. The molecule has 1 rings (SSSR count). The van der Waals surface area contributed by atoms with Gasteiger partial charge in [0.05, 0.1) is 11.5 Å². The third-order valence-electron chi connectivity index (χ3n) is 4.50. The van der Waals surface area contributed by atoms with Gasteiger partial charge < -0.3 is 15.7 Å². The molecule has 3 N–H and O–H groups in total. The van der Waals surface area contributed by atoms with Gasteiger partial charge in [-0.25, -0.2) is 0 Å². The number of aliphatic carboxylic acids is 1. The van der Waals surface area contributed by atoms with Crippen LogP contribution in [0.15, 0.2) is 0 Å². The maximum absolute atomic E-state index is 12.4. The molecule has 5 nitrogen and oxygen atoms in total. The Hall–Kier alpha value is -1.10. The lowest BCUT2D eigenvalue weighted by molar-refractivity contribution is -0.153. The van der Waals surface area contributed by atoms with Crippen LogP contribution in [0.25, 0.3) is 0 Å². The number of nitrogens with two attached hydrogens (primary N) is 1. The fourth-order valence-corrected chi connectivity index (χ4v) is 2.51. The number of rotatable bonds is 3. The van der Waals surface area contributed by atoms with E-state index in [1.165, 1.54) is 0 Å². The van der Waals surface area contributed by atoms with Gasteiger partial charge in [0.1, 0.15) is 0 Å². The number of hydrogen-bond donors (Lipinski definition) is 2. The molecular weight excluding hydrogens is 256 g/mol. The number of carboxylic acids is 1. The Bertz CT molecular complexity index is 385. The molecule has 0 aliphatic carbocycles. The minimum atomic E-state index is -0.815. The summed E-state index contributed by atoms with van der Waals surface area (Å²) in [6, 6.07) is -0.547. The van der Waals surface area contributed by atoms with Crippen molar-refractivity contribution in [1.29, 1.82) is 0 Å². The topological polar surface area (TPSA) is 83.6 Å². The normalized spacial score (nSPS) is 22.5. The first-order valence-electron chi connectivity index (χ1n) is 7.25. The molecule has 0 radical (unpaired) electrons.